The zero-order valence-corrected chi connectivity index (χ0v) is 20.5. The van der Waals surface area contributed by atoms with E-state index >= 15 is 0 Å². The minimum atomic E-state index is -2.06. The van der Waals surface area contributed by atoms with E-state index in [1.165, 1.54) is 0 Å². The number of imide groups is 1. The number of anilines is 1. The maximum atomic E-state index is 14.0. The summed E-state index contributed by atoms with van der Waals surface area (Å²) in [6.45, 7) is 3.77. The lowest BCUT2D eigenvalue weighted by atomic mass is 9.77. The highest BCUT2D eigenvalue weighted by atomic mass is 79.9. The highest BCUT2D eigenvalue weighted by Gasteiger charge is 2.74. The summed E-state index contributed by atoms with van der Waals surface area (Å²) in [6, 6.07) is 19.1. The molecule has 3 aromatic carbocycles. The number of ketones is 2. The van der Waals surface area contributed by atoms with E-state index in [4.69, 9.17) is 4.74 Å². The molecule has 2 heterocycles. The molecule has 1 aliphatic carbocycles. The predicted octanol–water partition coefficient (Wildman–Crippen LogP) is 4.76. The Bertz CT molecular complexity index is 1410. The lowest BCUT2D eigenvalue weighted by molar-refractivity contribution is -0.127. The van der Waals surface area contributed by atoms with Gasteiger partial charge in [0.25, 0.3) is 0 Å². The van der Waals surface area contributed by atoms with E-state index in [-0.39, 0.29) is 11.1 Å². The van der Waals surface area contributed by atoms with Crippen LogP contribution >= 0.6 is 15.9 Å². The smallest absolute Gasteiger partial charge is 0.241 e. The molecule has 6 nitrogen and oxygen atoms in total. The molecule has 0 saturated carbocycles. The number of benzene rings is 3. The third kappa shape index (κ3) is 2.91. The molecule has 0 N–H and O–H groups in total. The molecule has 2 amide bonds. The second-order valence-corrected chi connectivity index (χ2v) is 10.3. The number of ether oxygens (including phenoxy) is 1. The van der Waals surface area contributed by atoms with Crippen molar-refractivity contribution in [1.82, 2.24) is 0 Å². The summed E-state index contributed by atoms with van der Waals surface area (Å²) in [5.41, 5.74) is 1.23. The van der Waals surface area contributed by atoms with E-state index in [1.807, 2.05) is 19.9 Å². The van der Waals surface area contributed by atoms with Crippen LogP contribution in [0.15, 0.2) is 71.2 Å². The first-order valence-electron chi connectivity index (χ1n) is 11.3. The summed E-state index contributed by atoms with van der Waals surface area (Å²) in [5, 5.41) is 0. The van der Waals surface area contributed by atoms with Crippen LogP contribution in [0.4, 0.5) is 5.69 Å². The number of amides is 2. The van der Waals surface area contributed by atoms with Gasteiger partial charge in [-0.2, -0.15) is 0 Å². The Morgan fingerprint density at radius 3 is 1.94 bits per heavy atom. The molecule has 0 radical (unpaired) electrons. The van der Waals surface area contributed by atoms with Crippen molar-refractivity contribution in [2.75, 3.05) is 4.90 Å². The lowest BCUT2D eigenvalue weighted by Crippen LogP contribution is -2.51. The number of aryl methyl sites for hydroxylation is 2. The van der Waals surface area contributed by atoms with E-state index in [0.29, 0.717) is 11.3 Å². The SMILES string of the molecule is Cc1cc(C)cc(N2C(=O)[C@H]3[C@@H](c4ccc(Br)cc4)OC4(C(=O)c5ccccc5C4=O)[C@@H]3C2=O)c1. The lowest BCUT2D eigenvalue weighted by Gasteiger charge is -2.27. The molecule has 2 aliphatic heterocycles. The molecule has 0 bridgehead atoms. The fourth-order valence-electron chi connectivity index (χ4n) is 5.80. The summed E-state index contributed by atoms with van der Waals surface area (Å²) < 4.78 is 7.13. The second kappa shape index (κ2) is 7.54. The number of nitrogens with zero attached hydrogens (tertiary/aromatic N) is 1. The number of hydrogen-bond acceptors (Lipinski definition) is 5. The average molecular weight is 530 g/mol. The van der Waals surface area contributed by atoms with E-state index in [2.05, 4.69) is 15.9 Å². The van der Waals surface area contributed by atoms with Gasteiger partial charge in [-0.25, -0.2) is 4.90 Å². The van der Waals surface area contributed by atoms with Crippen LogP contribution in [-0.4, -0.2) is 29.0 Å². The van der Waals surface area contributed by atoms with Crippen molar-refractivity contribution in [3.05, 3.63) is 99.0 Å². The van der Waals surface area contributed by atoms with Crippen LogP contribution in [0.5, 0.6) is 0 Å². The van der Waals surface area contributed by atoms with Crippen LogP contribution < -0.4 is 4.90 Å². The standard InChI is InChI=1S/C28H20BrNO5/c1-14-11-15(2)13-18(12-14)30-26(33)21-22(27(30)34)28(35-23(21)16-7-9-17(29)10-8-16)24(31)19-5-3-4-6-20(19)25(28)32/h3-13,21-23H,1-2H3/t21-,22+,23-/m1/s1. The monoisotopic (exact) mass is 529 g/mol. The number of rotatable bonds is 2. The van der Waals surface area contributed by atoms with E-state index in [0.717, 1.165) is 20.5 Å². The van der Waals surface area contributed by atoms with E-state index in [1.54, 1.807) is 60.7 Å². The van der Waals surface area contributed by atoms with Crippen LogP contribution in [0.3, 0.4) is 0 Å². The van der Waals surface area contributed by atoms with Crippen LogP contribution in [0.1, 0.15) is 43.5 Å². The first-order chi connectivity index (χ1) is 16.7. The molecule has 6 rings (SSSR count). The summed E-state index contributed by atoms with van der Waals surface area (Å²) in [7, 11) is 0. The first kappa shape index (κ1) is 22.1. The van der Waals surface area contributed by atoms with Crippen LogP contribution in [0.2, 0.25) is 0 Å². The third-order valence-electron chi connectivity index (χ3n) is 7.18. The number of hydrogen-bond donors (Lipinski definition) is 0. The van der Waals surface area contributed by atoms with E-state index < -0.39 is 46.9 Å². The van der Waals surface area contributed by atoms with Gasteiger partial charge in [-0.15, -0.1) is 0 Å². The third-order valence-corrected chi connectivity index (χ3v) is 7.71. The van der Waals surface area contributed by atoms with Gasteiger partial charge in [-0.1, -0.05) is 58.4 Å². The van der Waals surface area contributed by atoms with Crippen molar-refractivity contribution in [1.29, 1.82) is 0 Å². The van der Waals surface area contributed by atoms with Crippen molar-refractivity contribution in [2.24, 2.45) is 11.8 Å². The zero-order chi connectivity index (χ0) is 24.6. The fraction of sp³-hybridized carbons (Fsp3) is 0.214. The molecule has 3 aromatic rings. The van der Waals surface area contributed by atoms with Gasteiger partial charge in [0, 0.05) is 15.6 Å². The Morgan fingerprint density at radius 1 is 0.800 bits per heavy atom. The number of carbonyl (C=O) groups excluding carboxylic acids is 4. The van der Waals surface area contributed by atoms with E-state index in [9.17, 15) is 19.2 Å². The number of Topliss-reactive ketones (excluding diaryl/α,β-unsaturated/α-hetero) is 2. The average Bonchev–Trinajstić information content (AvgIpc) is 3.39. The summed E-state index contributed by atoms with van der Waals surface area (Å²) in [6.07, 6.45) is -0.928. The Morgan fingerprint density at radius 2 is 1.37 bits per heavy atom. The molecular weight excluding hydrogens is 510 g/mol. The van der Waals surface area contributed by atoms with Crippen molar-refractivity contribution >= 4 is 45.0 Å². The summed E-state index contributed by atoms with van der Waals surface area (Å²) in [5.74, 6) is -4.43. The maximum absolute atomic E-state index is 14.0. The van der Waals surface area contributed by atoms with Crippen molar-refractivity contribution in [3.8, 4) is 0 Å². The number of halogens is 1. The molecule has 1 spiro atoms. The molecule has 3 aliphatic rings. The zero-order valence-electron chi connectivity index (χ0n) is 18.9. The van der Waals surface area contributed by atoms with Gasteiger partial charge < -0.3 is 4.74 Å². The van der Waals surface area contributed by atoms with Gasteiger partial charge in [0.1, 0.15) is 0 Å². The van der Waals surface area contributed by atoms with Gasteiger partial charge in [0.2, 0.25) is 29.0 Å². The highest BCUT2D eigenvalue weighted by Crippen LogP contribution is 2.57. The van der Waals surface area contributed by atoms with Crippen molar-refractivity contribution in [3.63, 3.8) is 0 Å². The van der Waals surface area contributed by atoms with Crippen LogP contribution in [0.25, 0.3) is 0 Å². The van der Waals surface area contributed by atoms with Crippen LogP contribution in [0, 0.1) is 25.7 Å². The Balaban J connectivity index is 1.55. The number of fused-ring (bicyclic) bond motifs is 3. The molecule has 35 heavy (non-hydrogen) atoms. The Hall–Kier alpha value is -3.42. The predicted molar refractivity (Wildman–Crippen MR) is 131 cm³/mol. The maximum Gasteiger partial charge on any atom is 0.241 e. The molecule has 2 fully saturated rings. The second-order valence-electron chi connectivity index (χ2n) is 9.39. The molecular formula is C28H20BrNO5. The largest absolute Gasteiger partial charge is 0.349 e. The molecule has 0 aromatic heterocycles. The summed E-state index contributed by atoms with van der Waals surface area (Å²) in [4.78, 5) is 56.5. The molecule has 2 saturated heterocycles. The van der Waals surface area contributed by atoms with Crippen LogP contribution in [-0.2, 0) is 14.3 Å². The molecule has 174 valence electrons. The highest BCUT2D eigenvalue weighted by molar-refractivity contribution is 9.10. The van der Waals surface area contributed by atoms with Gasteiger partial charge in [-0.05, 0) is 54.8 Å². The quantitative estimate of drug-likeness (QED) is 0.353. The minimum Gasteiger partial charge on any atom is -0.349 e. The normalized spacial score (nSPS) is 24.4. The Kier molecular flexibility index (Phi) is 4.75. The van der Waals surface area contributed by atoms with Gasteiger partial charge in [0.05, 0.1) is 23.6 Å². The first-order valence-corrected chi connectivity index (χ1v) is 12.1. The molecule has 0 unspecified atom stereocenters. The Labute approximate surface area is 210 Å². The number of carbonyl (C=O) groups is 4. The van der Waals surface area contributed by atoms with Gasteiger partial charge in [-0.3, -0.25) is 19.2 Å². The molecule has 3 atom stereocenters. The summed E-state index contributed by atoms with van der Waals surface area (Å²) >= 11 is 3.41. The van der Waals surface area contributed by atoms with Crippen molar-refractivity contribution < 1.29 is 23.9 Å². The minimum absolute atomic E-state index is 0.220. The molecule has 7 heteroatoms. The van der Waals surface area contributed by atoms with Gasteiger partial charge in [0.15, 0.2) is 0 Å². The van der Waals surface area contributed by atoms with Gasteiger partial charge >= 0.3 is 0 Å². The topological polar surface area (TPSA) is 80.8 Å². The van der Waals surface area contributed by atoms with Crippen molar-refractivity contribution in [2.45, 2.75) is 25.6 Å². The fourth-order valence-corrected chi connectivity index (χ4v) is 6.07.